The maximum atomic E-state index is 9.00. The number of aliphatic hydroxyl groups is 2. The van der Waals surface area contributed by atoms with E-state index < -0.39 is 5.97 Å². The number of aliphatic carboxylic acids is 1. The standard InChI is InChI=1S/C2H4O2.C2H6O2.FH.Mn.H2N/c1-2(3)4;3-1-2-4;;;/h1H3,(H,3,4);3-4H,1-2H2;1H;;1H2/q;;;;-1. The van der Waals surface area contributed by atoms with Gasteiger partial charge in [0.2, 0.25) is 0 Å². The van der Waals surface area contributed by atoms with Crippen LogP contribution in [0.3, 0.4) is 0 Å². The Hall–Kier alpha value is -0.201. The zero-order valence-corrected chi connectivity index (χ0v) is 7.21. The fourth-order valence-corrected chi connectivity index (χ4v) is 0. The van der Waals surface area contributed by atoms with Crippen molar-refractivity contribution in [1.29, 1.82) is 0 Å². The summed E-state index contributed by atoms with van der Waals surface area (Å²) in [5.41, 5.74) is 0. The second-order valence-electron chi connectivity index (χ2n) is 0.966. The molecule has 0 atom stereocenters. The van der Waals surface area contributed by atoms with E-state index in [2.05, 4.69) is 0 Å². The smallest absolute Gasteiger partial charge is 0.300 e. The zero-order valence-electron chi connectivity index (χ0n) is 6.03. The summed E-state index contributed by atoms with van der Waals surface area (Å²) in [6, 6.07) is 0. The zero-order chi connectivity index (χ0) is 6.99. The van der Waals surface area contributed by atoms with Crippen molar-refractivity contribution in [1.82, 2.24) is 0 Å². The number of rotatable bonds is 1. The van der Waals surface area contributed by atoms with Gasteiger partial charge < -0.3 is 21.5 Å². The summed E-state index contributed by atoms with van der Waals surface area (Å²) in [4.78, 5) is 9.00. The Labute approximate surface area is 74.8 Å². The van der Waals surface area contributed by atoms with Crippen molar-refractivity contribution in [2.45, 2.75) is 6.92 Å². The molecule has 0 aliphatic heterocycles. The molecule has 0 saturated carbocycles. The van der Waals surface area contributed by atoms with Crippen molar-refractivity contribution < 1.29 is 41.9 Å². The Bertz CT molecular complexity index is 60.1. The normalized spacial score (nSPS) is 5.00. The van der Waals surface area contributed by atoms with Crippen LogP contribution in [0.15, 0.2) is 0 Å². The molecular weight excluding hydrogens is 200 g/mol. The minimum absolute atomic E-state index is 0. The van der Waals surface area contributed by atoms with Gasteiger partial charge in [-0.15, -0.1) is 0 Å². The van der Waals surface area contributed by atoms with Gasteiger partial charge in [0, 0.05) is 24.0 Å². The van der Waals surface area contributed by atoms with E-state index in [1.807, 2.05) is 0 Å². The molecule has 0 bridgehead atoms. The number of halogens is 1. The number of carbonyl (C=O) groups is 1. The Morgan fingerprint density at radius 2 is 1.36 bits per heavy atom. The fraction of sp³-hybridized carbons (Fsp3) is 0.750. The van der Waals surface area contributed by atoms with Crippen LogP contribution in [-0.4, -0.2) is 34.5 Å². The van der Waals surface area contributed by atoms with E-state index in [9.17, 15) is 0 Å². The molecular formula is C4H13FMnNO4-. The SMILES string of the molecule is CC(=O)O.F.OCCO.[Mn].[NH2-]. The van der Waals surface area contributed by atoms with Crippen LogP contribution >= 0.6 is 0 Å². The van der Waals surface area contributed by atoms with Crippen LogP contribution in [-0.2, 0) is 21.9 Å². The van der Waals surface area contributed by atoms with Crippen LogP contribution in [0.2, 0.25) is 0 Å². The first kappa shape index (κ1) is 30.8. The molecule has 0 saturated heterocycles. The summed E-state index contributed by atoms with van der Waals surface area (Å²) in [6.07, 6.45) is 0. The first-order chi connectivity index (χ1) is 3.65. The van der Waals surface area contributed by atoms with Gasteiger partial charge in [0.1, 0.15) is 0 Å². The maximum Gasteiger partial charge on any atom is 0.300 e. The van der Waals surface area contributed by atoms with Crippen molar-refractivity contribution in [3.63, 3.8) is 0 Å². The Morgan fingerprint density at radius 3 is 1.36 bits per heavy atom. The quantitative estimate of drug-likeness (QED) is 0.529. The molecule has 0 heterocycles. The van der Waals surface area contributed by atoms with Crippen LogP contribution in [0.5, 0.6) is 0 Å². The molecule has 5 N–H and O–H groups in total. The minimum atomic E-state index is -0.833. The second kappa shape index (κ2) is 32.9. The monoisotopic (exact) mass is 213 g/mol. The molecule has 0 unspecified atom stereocenters. The number of aliphatic hydroxyl groups excluding tert-OH is 2. The third kappa shape index (κ3) is 933. The maximum absolute atomic E-state index is 9.00. The van der Waals surface area contributed by atoms with Gasteiger partial charge in [-0.05, 0) is 0 Å². The van der Waals surface area contributed by atoms with Gasteiger partial charge in [-0.25, -0.2) is 0 Å². The fourth-order valence-electron chi connectivity index (χ4n) is 0. The molecule has 0 aromatic heterocycles. The first-order valence-electron chi connectivity index (χ1n) is 2.06. The van der Waals surface area contributed by atoms with E-state index in [0.717, 1.165) is 6.92 Å². The molecule has 5 nitrogen and oxygen atoms in total. The van der Waals surface area contributed by atoms with Crippen LogP contribution in [0, 0.1) is 0 Å². The van der Waals surface area contributed by atoms with Crippen molar-refractivity contribution in [2.24, 2.45) is 0 Å². The first-order valence-corrected chi connectivity index (χ1v) is 2.06. The average Bonchev–Trinajstić information content (AvgIpc) is 1.65. The van der Waals surface area contributed by atoms with Crippen LogP contribution in [0.4, 0.5) is 4.70 Å². The molecule has 11 heavy (non-hydrogen) atoms. The summed E-state index contributed by atoms with van der Waals surface area (Å²) in [7, 11) is 0. The number of hydrogen-bond donors (Lipinski definition) is 3. The topological polar surface area (TPSA) is 111 Å². The van der Waals surface area contributed by atoms with E-state index >= 15 is 0 Å². The van der Waals surface area contributed by atoms with Crippen molar-refractivity contribution in [3.05, 3.63) is 6.15 Å². The number of carboxylic acids is 1. The van der Waals surface area contributed by atoms with Crippen molar-refractivity contribution in [3.8, 4) is 0 Å². The summed E-state index contributed by atoms with van der Waals surface area (Å²) in [5.74, 6) is -0.833. The molecule has 0 fully saturated rings. The van der Waals surface area contributed by atoms with Gasteiger partial charge in [-0.2, -0.15) is 0 Å². The molecule has 0 rings (SSSR count). The van der Waals surface area contributed by atoms with Crippen LogP contribution in [0.25, 0.3) is 6.15 Å². The molecule has 0 aliphatic rings. The molecule has 0 aromatic rings. The summed E-state index contributed by atoms with van der Waals surface area (Å²) < 4.78 is 0. The third-order valence-electron chi connectivity index (χ3n) is 0.1000. The van der Waals surface area contributed by atoms with Gasteiger partial charge in [-0.1, -0.05) is 0 Å². The van der Waals surface area contributed by atoms with Gasteiger partial charge in [-0.3, -0.25) is 9.50 Å². The average molecular weight is 213 g/mol. The second-order valence-corrected chi connectivity index (χ2v) is 0.966. The van der Waals surface area contributed by atoms with Gasteiger partial charge in [0.15, 0.2) is 0 Å². The molecule has 0 aliphatic carbocycles. The van der Waals surface area contributed by atoms with Crippen molar-refractivity contribution in [2.75, 3.05) is 13.2 Å². The van der Waals surface area contributed by atoms with Gasteiger partial charge >= 0.3 is 0 Å². The third-order valence-corrected chi connectivity index (χ3v) is 0.1000. The van der Waals surface area contributed by atoms with E-state index in [1.165, 1.54) is 0 Å². The molecule has 7 heteroatoms. The van der Waals surface area contributed by atoms with E-state index in [0.29, 0.717) is 0 Å². The van der Waals surface area contributed by atoms with E-state index in [-0.39, 0.29) is 41.1 Å². The predicted molar refractivity (Wildman–Crippen MR) is 35.3 cm³/mol. The minimum Gasteiger partial charge on any atom is -0.693 e. The molecule has 1 radical (unpaired) electrons. The van der Waals surface area contributed by atoms with Gasteiger partial charge in [0.05, 0.1) is 13.2 Å². The molecule has 0 spiro atoms. The predicted octanol–water partition coefficient (Wildman–Crippen LogP) is -0.0710. The number of carboxylic acid groups (broad SMARTS) is 1. The Morgan fingerprint density at radius 1 is 1.27 bits per heavy atom. The van der Waals surface area contributed by atoms with Crippen molar-refractivity contribution >= 4 is 5.97 Å². The summed E-state index contributed by atoms with van der Waals surface area (Å²) in [5, 5.41) is 22.7. The number of nitrogens with two attached hydrogens (primary N) is 1. The Balaban J connectivity index is -0.0000000171. The largest absolute Gasteiger partial charge is 0.693 e. The number of hydrogen-bond acceptors (Lipinski definition) is 3. The molecule has 0 amide bonds. The van der Waals surface area contributed by atoms with E-state index in [4.69, 9.17) is 20.1 Å². The Kier molecular flexibility index (Phi) is 92.3. The van der Waals surface area contributed by atoms with Gasteiger partial charge in [0.25, 0.3) is 5.97 Å². The molecule has 73 valence electrons. The van der Waals surface area contributed by atoms with Crippen LogP contribution in [0.1, 0.15) is 6.92 Å². The van der Waals surface area contributed by atoms with E-state index in [1.54, 1.807) is 0 Å². The summed E-state index contributed by atoms with van der Waals surface area (Å²) in [6.45, 7) is 0.833. The van der Waals surface area contributed by atoms with Crippen LogP contribution < -0.4 is 0 Å². The summed E-state index contributed by atoms with van der Waals surface area (Å²) >= 11 is 0. The molecule has 0 aromatic carbocycles.